The standard InChI is InChI=1S/C13H24N2O3.ClH/c1-4-18-13(17)9(2)8-15-12(16)11-5-6-14-10(3)7-11;/h9-11,14H,4-8H2,1-3H3,(H,15,16);1H/t9?,10-,11-;/m0./s1. The minimum atomic E-state index is -0.284. The molecule has 0 aromatic rings. The molecule has 0 aliphatic carbocycles. The monoisotopic (exact) mass is 292 g/mol. The molecular formula is C13H25ClN2O3. The Bertz CT molecular complexity index is 300. The fourth-order valence-electron chi connectivity index (χ4n) is 2.14. The maximum absolute atomic E-state index is 11.9. The highest BCUT2D eigenvalue weighted by atomic mass is 35.5. The number of hydrogen-bond donors (Lipinski definition) is 2. The van der Waals surface area contributed by atoms with Crippen molar-refractivity contribution in [2.75, 3.05) is 19.7 Å². The lowest BCUT2D eigenvalue weighted by molar-refractivity contribution is -0.147. The number of carbonyl (C=O) groups is 2. The molecule has 1 unspecified atom stereocenters. The number of amides is 1. The van der Waals surface area contributed by atoms with E-state index in [2.05, 4.69) is 17.6 Å². The second kappa shape index (κ2) is 9.15. The smallest absolute Gasteiger partial charge is 0.310 e. The third kappa shape index (κ3) is 6.25. The summed E-state index contributed by atoms with van der Waals surface area (Å²) in [7, 11) is 0. The van der Waals surface area contributed by atoms with Crippen molar-refractivity contribution in [3.8, 4) is 0 Å². The summed E-state index contributed by atoms with van der Waals surface area (Å²) in [5.74, 6) is -0.417. The Morgan fingerprint density at radius 2 is 2.16 bits per heavy atom. The number of carbonyl (C=O) groups excluding carboxylic acids is 2. The van der Waals surface area contributed by atoms with Gasteiger partial charge >= 0.3 is 5.97 Å². The number of hydrogen-bond acceptors (Lipinski definition) is 4. The van der Waals surface area contributed by atoms with Gasteiger partial charge in [0, 0.05) is 18.5 Å². The minimum absolute atomic E-state index is 0. The van der Waals surface area contributed by atoms with E-state index in [1.165, 1.54) is 0 Å². The average molecular weight is 293 g/mol. The summed E-state index contributed by atoms with van der Waals surface area (Å²) in [6.07, 6.45) is 1.73. The summed E-state index contributed by atoms with van der Waals surface area (Å²) < 4.78 is 4.90. The Morgan fingerprint density at radius 3 is 2.74 bits per heavy atom. The lowest BCUT2D eigenvalue weighted by Crippen LogP contribution is -2.43. The molecule has 1 aliphatic rings. The van der Waals surface area contributed by atoms with Gasteiger partial charge in [-0.1, -0.05) is 6.92 Å². The number of esters is 1. The van der Waals surface area contributed by atoms with Gasteiger partial charge in [0.1, 0.15) is 0 Å². The van der Waals surface area contributed by atoms with E-state index in [1.54, 1.807) is 13.8 Å². The number of rotatable bonds is 5. The van der Waals surface area contributed by atoms with Gasteiger partial charge in [0.2, 0.25) is 5.91 Å². The van der Waals surface area contributed by atoms with E-state index in [1.807, 2.05) is 0 Å². The molecule has 1 fully saturated rings. The first-order valence-corrected chi connectivity index (χ1v) is 6.72. The Labute approximate surface area is 121 Å². The summed E-state index contributed by atoms with van der Waals surface area (Å²) in [5, 5.41) is 6.16. The second-order valence-electron chi connectivity index (χ2n) is 4.97. The largest absolute Gasteiger partial charge is 0.466 e. The van der Waals surface area contributed by atoms with Crippen LogP contribution in [0.2, 0.25) is 0 Å². The van der Waals surface area contributed by atoms with Crippen LogP contribution in [-0.4, -0.2) is 37.6 Å². The van der Waals surface area contributed by atoms with Gasteiger partial charge in [-0.05, 0) is 33.2 Å². The van der Waals surface area contributed by atoms with Gasteiger partial charge in [-0.15, -0.1) is 12.4 Å². The molecule has 5 nitrogen and oxygen atoms in total. The van der Waals surface area contributed by atoms with Crippen LogP contribution in [0.1, 0.15) is 33.6 Å². The molecule has 1 aliphatic heterocycles. The van der Waals surface area contributed by atoms with E-state index in [0.29, 0.717) is 19.2 Å². The van der Waals surface area contributed by atoms with Gasteiger partial charge in [0.25, 0.3) is 0 Å². The molecule has 19 heavy (non-hydrogen) atoms. The molecule has 1 amide bonds. The van der Waals surface area contributed by atoms with Crippen LogP contribution in [0.4, 0.5) is 0 Å². The van der Waals surface area contributed by atoms with E-state index >= 15 is 0 Å². The van der Waals surface area contributed by atoms with Crippen molar-refractivity contribution < 1.29 is 14.3 Å². The van der Waals surface area contributed by atoms with Crippen molar-refractivity contribution in [3.05, 3.63) is 0 Å². The first kappa shape index (κ1) is 18.2. The van der Waals surface area contributed by atoms with Crippen molar-refractivity contribution in [3.63, 3.8) is 0 Å². The quantitative estimate of drug-likeness (QED) is 0.745. The third-order valence-electron chi connectivity index (χ3n) is 3.27. The Balaban J connectivity index is 0.00000324. The number of nitrogens with one attached hydrogen (secondary N) is 2. The first-order chi connectivity index (χ1) is 8.54. The molecule has 3 atom stereocenters. The van der Waals surface area contributed by atoms with Crippen LogP contribution in [0.5, 0.6) is 0 Å². The van der Waals surface area contributed by atoms with Gasteiger partial charge in [0.05, 0.1) is 12.5 Å². The van der Waals surface area contributed by atoms with Crippen LogP contribution in [-0.2, 0) is 14.3 Å². The van der Waals surface area contributed by atoms with Crippen LogP contribution in [0.3, 0.4) is 0 Å². The predicted molar refractivity (Wildman–Crippen MR) is 76.2 cm³/mol. The summed E-state index contributed by atoms with van der Waals surface area (Å²) >= 11 is 0. The van der Waals surface area contributed by atoms with Gasteiger partial charge in [-0.25, -0.2) is 0 Å². The molecule has 0 aromatic carbocycles. The fraction of sp³-hybridized carbons (Fsp3) is 0.846. The Hall–Kier alpha value is -0.810. The van der Waals surface area contributed by atoms with Crippen molar-refractivity contribution in [2.24, 2.45) is 11.8 Å². The highest BCUT2D eigenvalue weighted by Gasteiger charge is 2.25. The normalized spacial score (nSPS) is 23.9. The molecule has 0 spiro atoms. The summed E-state index contributed by atoms with van der Waals surface area (Å²) in [5.41, 5.74) is 0. The van der Waals surface area contributed by atoms with Crippen molar-refractivity contribution >= 4 is 24.3 Å². The highest BCUT2D eigenvalue weighted by molar-refractivity contribution is 5.85. The summed E-state index contributed by atoms with van der Waals surface area (Å²) in [6.45, 7) is 7.25. The molecule has 0 aromatic heterocycles. The predicted octanol–water partition coefficient (Wildman–Crippen LogP) is 1.11. The van der Waals surface area contributed by atoms with Crippen LogP contribution in [0, 0.1) is 11.8 Å². The van der Waals surface area contributed by atoms with Crippen LogP contribution < -0.4 is 10.6 Å². The SMILES string of the molecule is CCOC(=O)C(C)CNC(=O)[C@H]1CCN[C@@H](C)C1.Cl. The maximum atomic E-state index is 11.9. The average Bonchev–Trinajstić information content (AvgIpc) is 2.35. The molecule has 112 valence electrons. The zero-order chi connectivity index (χ0) is 13.5. The zero-order valence-electron chi connectivity index (χ0n) is 11.9. The van der Waals surface area contributed by atoms with Crippen LogP contribution >= 0.6 is 12.4 Å². The van der Waals surface area contributed by atoms with E-state index in [-0.39, 0.29) is 36.1 Å². The number of piperidine rings is 1. The van der Waals surface area contributed by atoms with E-state index in [9.17, 15) is 9.59 Å². The lowest BCUT2D eigenvalue weighted by Gasteiger charge is -2.27. The highest BCUT2D eigenvalue weighted by Crippen LogP contribution is 2.16. The third-order valence-corrected chi connectivity index (χ3v) is 3.27. The molecule has 1 saturated heterocycles. The summed E-state index contributed by atoms with van der Waals surface area (Å²) in [6, 6.07) is 0.386. The van der Waals surface area contributed by atoms with E-state index < -0.39 is 0 Å². The van der Waals surface area contributed by atoms with E-state index in [4.69, 9.17) is 4.74 Å². The van der Waals surface area contributed by atoms with Crippen molar-refractivity contribution in [2.45, 2.75) is 39.7 Å². The molecule has 1 heterocycles. The Morgan fingerprint density at radius 1 is 1.47 bits per heavy atom. The Kier molecular flexibility index (Phi) is 8.76. The minimum Gasteiger partial charge on any atom is -0.466 e. The van der Waals surface area contributed by atoms with Crippen molar-refractivity contribution in [1.29, 1.82) is 0 Å². The van der Waals surface area contributed by atoms with Gasteiger partial charge in [-0.3, -0.25) is 9.59 Å². The topological polar surface area (TPSA) is 67.4 Å². The van der Waals surface area contributed by atoms with Gasteiger partial charge in [0.15, 0.2) is 0 Å². The zero-order valence-corrected chi connectivity index (χ0v) is 12.7. The van der Waals surface area contributed by atoms with Gasteiger partial charge in [-0.2, -0.15) is 0 Å². The van der Waals surface area contributed by atoms with Crippen molar-refractivity contribution in [1.82, 2.24) is 10.6 Å². The summed E-state index contributed by atoms with van der Waals surface area (Å²) in [4.78, 5) is 23.3. The number of halogens is 1. The van der Waals surface area contributed by atoms with E-state index in [0.717, 1.165) is 19.4 Å². The molecule has 0 saturated carbocycles. The molecular weight excluding hydrogens is 268 g/mol. The van der Waals surface area contributed by atoms with Crippen LogP contribution in [0.25, 0.3) is 0 Å². The second-order valence-corrected chi connectivity index (χ2v) is 4.97. The molecule has 0 bridgehead atoms. The molecule has 1 rings (SSSR count). The fourth-order valence-corrected chi connectivity index (χ4v) is 2.14. The van der Waals surface area contributed by atoms with Gasteiger partial charge < -0.3 is 15.4 Å². The maximum Gasteiger partial charge on any atom is 0.310 e. The number of ether oxygens (including phenoxy) is 1. The molecule has 2 N–H and O–H groups in total. The molecule has 0 radical (unpaired) electrons. The lowest BCUT2D eigenvalue weighted by atomic mass is 9.92. The van der Waals surface area contributed by atoms with Crippen LogP contribution in [0.15, 0.2) is 0 Å². The molecule has 6 heteroatoms. The first-order valence-electron chi connectivity index (χ1n) is 6.72.